The van der Waals surface area contributed by atoms with Crippen LogP contribution in [0.25, 0.3) is 0 Å². The molecule has 0 saturated carbocycles. The van der Waals surface area contributed by atoms with Crippen molar-refractivity contribution >= 4 is 11.3 Å². The van der Waals surface area contributed by atoms with Crippen LogP contribution >= 0.6 is 11.3 Å². The fraction of sp³-hybridized carbons (Fsp3) is 0.583. The molecule has 0 aliphatic heterocycles. The van der Waals surface area contributed by atoms with Gasteiger partial charge in [0.2, 0.25) is 0 Å². The molecule has 6 heteroatoms. The normalized spacial score (nSPS) is 12.8. The van der Waals surface area contributed by atoms with Gasteiger partial charge in [-0.05, 0) is 33.7 Å². The molecular weight excluding hydrogens is 246 g/mol. The molecule has 0 fully saturated rings. The minimum Gasteiger partial charge on any atom is -0.309 e. The summed E-state index contributed by atoms with van der Waals surface area (Å²) in [7, 11) is 0. The highest BCUT2D eigenvalue weighted by Gasteiger charge is 2.11. The van der Waals surface area contributed by atoms with E-state index in [-0.39, 0.29) is 0 Å². The third kappa shape index (κ3) is 3.36. The van der Waals surface area contributed by atoms with Crippen molar-refractivity contribution in [2.24, 2.45) is 0 Å². The van der Waals surface area contributed by atoms with E-state index < -0.39 is 0 Å². The lowest BCUT2D eigenvalue weighted by atomic mass is 10.2. The molecule has 1 unspecified atom stereocenters. The van der Waals surface area contributed by atoms with E-state index in [1.54, 1.807) is 17.5 Å². The number of nitrogens with one attached hydrogen (secondary N) is 1. The van der Waals surface area contributed by atoms with E-state index in [1.165, 1.54) is 10.6 Å². The fourth-order valence-corrected chi connectivity index (χ4v) is 2.87. The molecule has 5 nitrogen and oxygen atoms in total. The van der Waals surface area contributed by atoms with Gasteiger partial charge in [0.1, 0.15) is 0 Å². The van der Waals surface area contributed by atoms with Gasteiger partial charge in [0.05, 0.1) is 16.9 Å². The molecular formula is C12H19N5S. The Labute approximate surface area is 111 Å². The molecule has 0 aliphatic carbocycles. The average Bonchev–Trinajstić information content (AvgIpc) is 2.94. The lowest BCUT2D eigenvalue weighted by Gasteiger charge is -2.12. The van der Waals surface area contributed by atoms with Crippen molar-refractivity contribution in [1.82, 2.24) is 25.3 Å². The monoisotopic (exact) mass is 265 g/mol. The molecule has 0 saturated heterocycles. The SMILES string of the molecule is Cc1nc(C(C)NCCCn2ccnn2)c(C)s1. The maximum Gasteiger partial charge on any atom is 0.0900 e. The molecule has 2 rings (SSSR count). The van der Waals surface area contributed by atoms with Gasteiger partial charge in [-0.15, -0.1) is 16.4 Å². The van der Waals surface area contributed by atoms with Gasteiger partial charge < -0.3 is 5.32 Å². The number of hydrogen-bond acceptors (Lipinski definition) is 5. The molecule has 0 radical (unpaired) electrons. The van der Waals surface area contributed by atoms with Crippen LogP contribution in [0.15, 0.2) is 12.4 Å². The Balaban J connectivity index is 1.75. The smallest absolute Gasteiger partial charge is 0.0900 e. The second-order valence-electron chi connectivity index (χ2n) is 4.37. The summed E-state index contributed by atoms with van der Waals surface area (Å²) in [4.78, 5) is 5.88. The van der Waals surface area contributed by atoms with Crippen molar-refractivity contribution in [3.05, 3.63) is 28.0 Å². The van der Waals surface area contributed by atoms with Gasteiger partial charge in [-0.2, -0.15) is 0 Å². The first-order chi connectivity index (χ1) is 8.66. The first-order valence-electron chi connectivity index (χ1n) is 6.18. The van der Waals surface area contributed by atoms with E-state index in [0.29, 0.717) is 6.04 Å². The summed E-state index contributed by atoms with van der Waals surface area (Å²) < 4.78 is 1.85. The van der Waals surface area contributed by atoms with Gasteiger partial charge >= 0.3 is 0 Å². The number of thiazole rings is 1. The highest BCUT2D eigenvalue weighted by molar-refractivity contribution is 7.11. The van der Waals surface area contributed by atoms with Gasteiger partial charge in [0.25, 0.3) is 0 Å². The fourth-order valence-electron chi connectivity index (χ4n) is 1.96. The zero-order valence-electron chi connectivity index (χ0n) is 11.1. The topological polar surface area (TPSA) is 55.6 Å². The average molecular weight is 265 g/mol. The summed E-state index contributed by atoms with van der Waals surface area (Å²) in [5.41, 5.74) is 1.18. The van der Waals surface area contributed by atoms with Crippen LogP contribution in [-0.4, -0.2) is 26.5 Å². The molecule has 98 valence electrons. The van der Waals surface area contributed by atoms with E-state index >= 15 is 0 Å². The van der Waals surface area contributed by atoms with Crippen LogP contribution in [0, 0.1) is 13.8 Å². The molecule has 18 heavy (non-hydrogen) atoms. The molecule has 0 aromatic carbocycles. The number of aromatic nitrogens is 4. The van der Waals surface area contributed by atoms with Crippen molar-refractivity contribution in [1.29, 1.82) is 0 Å². The van der Waals surface area contributed by atoms with E-state index in [0.717, 1.165) is 24.5 Å². The Morgan fingerprint density at radius 3 is 2.89 bits per heavy atom. The van der Waals surface area contributed by atoms with E-state index in [9.17, 15) is 0 Å². The van der Waals surface area contributed by atoms with Crippen molar-refractivity contribution in [3.8, 4) is 0 Å². The molecule has 0 aliphatic rings. The highest BCUT2D eigenvalue weighted by atomic mass is 32.1. The third-order valence-corrected chi connectivity index (χ3v) is 3.74. The summed E-state index contributed by atoms with van der Waals surface area (Å²) in [5.74, 6) is 0. The minimum atomic E-state index is 0.311. The molecule has 2 aromatic rings. The van der Waals surface area contributed by atoms with Gasteiger partial charge in [-0.25, -0.2) is 4.98 Å². The molecule has 1 atom stereocenters. The maximum atomic E-state index is 4.57. The van der Waals surface area contributed by atoms with Crippen LogP contribution in [0.4, 0.5) is 0 Å². The van der Waals surface area contributed by atoms with Crippen LogP contribution in [0.1, 0.15) is 35.0 Å². The van der Waals surface area contributed by atoms with Gasteiger partial charge in [-0.3, -0.25) is 4.68 Å². The summed E-state index contributed by atoms with van der Waals surface area (Å²) in [6.07, 6.45) is 4.63. The number of aryl methyl sites for hydroxylation is 3. The minimum absolute atomic E-state index is 0.311. The second kappa shape index (κ2) is 6.06. The summed E-state index contributed by atoms with van der Waals surface area (Å²) in [5, 5.41) is 12.4. The van der Waals surface area contributed by atoms with Crippen LogP contribution in [0.5, 0.6) is 0 Å². The number of rotatable bonds is 6. The zero-order valence-corrected chi connectivity index (χ0v) is 11.9. The van der Waals surface area contributed by atoms with Crippen LogP contribution in [0.3, 0.4) is 0 Å². The Kier molecular flexibility index (Phi) is 4.43. The second-order valence-corrected chi connectivity index (χ2v) is 5.78. The van der Waals surface area contributed by atoms with Crippen molar-refractivity contribution < 1.29 is 0 Å². The summed E-state index contributed by atoms with van der Waals surface area (Å²) in [6, 6.07) is 0.311. The first kappa shape index (κ1) is 13.2. The van der Waals surface area contributed by atoms with E-state index in [2.05, 4.69) is 41.4 Å². The molecule has 0 spiro atoms. The van der Waals surface area contributed by atoms with E-state index in [1.807, 2.05) is 10.9 Å². The Morgan fingerprint density at radius 1 is 1.44 bits per heavy atom. The van der Waals surface area contributed by atoms with E-state index in [4.69, 9.17) is 0 Å². The molecule has 1 N–H and O–H groups in total. The lowest BCUT2D eigenvalue weighted by Crippen LogP contribution is -2.22. The first-order valence-corrected chi connectivity index (χ1v) is 7.00. The largest absolute Gasteiger partial charge is 0.309 e. The number of hydrogen-bond donors (Lipinski definition) is 1. The van der Waals surface area contributed by atoms with Crippen molar-refractivity contribution in [2.45, 2.75) is 39.8 Å². The summed E-state index contributed by atoms with van der Waals surface area (Å²) >= 11 is 1.76. The third-order valence-electron chi connectivity index (χ3n) is 2.84. The standard InChI is InChI=1S/C12H19N5S/c1-9(12-10(2)18-11(3)15-12)13-5-4-7-17-8-6-14-16-17/h6,8-9,13H,4-5,7H2,1-3H3. The van der Waals surface area contributed by atoms with Crippen LogP contribution < -0.4 is 5.32 Å². The molecule has 0 bridgehead atoms. The molecule has 2 aromatic heterocycles. The van der Waals surface area contributed by atoms with Crippen molar-refractivity contribution in [3.63, 3.8) is 0 Å². The molecule has 0 amide bonds. The van der Waals surface area contributed by atoms with Gasteiger partial charge in [0, 0.05) is 23.7 Å². The highest BCUT2D eigenvalue weighted by Crippen LogP contribution is 2.22. The predicted octanol–water partition coefficient (Wildman–Crippen LogP) is 2.09. The predicted molar refractivity (Wildman–Crippen MR) is 72.6 cm³/mol. The van der Waals surface area contributed by atoms with Gasteiger partial charge in [0.15, 0.2) is 0 Å². The maximum absolute atomic E-state index is 4.57. The van der Waals surface area contributed by atoms with Crippen molar-refractivity contribution in [2.75, 3.05) is 6.54 Å². The van der Waals surface area contributed by atoms with Gasteiger partial charge in [-0.1, -0.05) is 5.21 Å². The molecule has 2 heterocycles. The van der Waals surface area contributed by atoms with Crippen LogP contribution in [0.2, 0.25) is 0 Å². The Hall–Kier alpha value is -1.27. The summed E-state index contributed by atoms with van der Waals surface area (Å²) in [6.45, 7) is 8.20. The van der Waals surface area contributed by atoms with Crippen LogP contribution in [-0.2, 0) is 6.54 Å². The Bertz CT molecular complexity index is 477. The quantitative estimate of drug-likeness (QED) is 0.813. The lowest BCUT2D eigenvalue weighted by molar-refractivity contribution is 0.494. The number of nitrogens with zero attached hydrogens (tertiary/aromatic N) is 4. The zero-order chi connectivity index (χ0) is 13.0. The Morgan fingerprint density at radius 2 is 2.28 bits per heavy atom.